The average molecular weight is 343 g/mol. The van der Waals surface area contributed by atoms with Crippen LogP contribution in [0.3, 0.4) is 0 Å². The molecular weight excluding hydrogens is 326 g/mol. The smallest absolute Gasteiger partial charge is 0.313 e. The van der Waals surface area contributed by atoms with E-state index in [1.54, 1.807) is 0 Å². The Labute approximate surface area is 144 Å². The first kappa shape index (κ1) is 17.9. The van der Waals surface area contributed by atoms with Crippen molar-refractivity contribution in [2.45, 2.75) is 6.42 Å². The van der Waals surface area contributed by atoms with Gasteiger partial charge in [0.25, 0.3) is 5.69 Å². The molecule has 0 aliphatic heterocycles. The molecule has 130 valence electrons. The van der Waals surface area contributed by atoms with E-state index in [2.05, 4.69) is 10.6 Å². The van der Waals surface area contributed by atoms with E-state index in [-0.39, 0.29) is 17.1 Å². The van der Waals surface area contributed by atoms with Crippen LogP contribution in [0, 0.1) is 10.1 Å². The first-order valence-corrected chi connectivity index (χ1v) is 7.47. The lowest BCUT2D eigenvalue weighted by Crippen LogP contribution is -2.36. The second-order valence-corrected chi connectivity index (χ2v) is 5.09. The molecule has 0 saturated carbocycles. The molecule has 0 aromatic heterocycles. The van der Waals surface area contributed by atoms with Gasteiger partial charge in [0.15, 0.2) is 0 Å². The molecule has 0 saturated heterocycles. The molecule has 0 atom stereocenters. The zero-order valence-corrected chi connectivity index (χ0v) is 13.5. The van der Waals surface area contributed by atoms with Crippen molar-refractivity contribution in [3.05, 3.63) is 64.2 Å². The summed E-state index contributed by atoms with van der Waals surface area (Å²) in [6, 6.07) is 13.2. The number of nitro benzene ring substituents is 1. The molecule has 0 aliphatic rings. The van der Waals surface area contributed by atoms with Gasteiger partial charge >= 0.3 is 11.8 Å². The third-order valence-electron chi connectivity index (χ3n) is 3.39. The predicted molar refractivity (Wildman–Crippen MR) is 91.4 cm³/mol. The highest BCUT2D eigenvalue weighted by Gasteiger charge is 2.17. The Morgan fingerprint density at radius 1 is 1.12 bits per heavy atom. The Hall–Kier alpha value is -3.42. The highest BCUT2D eigenvalue weighted by Crippen LogP contribution is 2.28. The minimum atomic E-state index is -0.875. The number of methoxy groups -OCH3 is 1. The molecule has 2 amide bonds. The highest BCUT2D eigenvalue weighted by atomic mass is 16.6. The second kappa shape index (κ2) is 8.44. The molecule has 0 unspecified atom stereocenters. The number of nitrogens with zero attached hydrogens (tertiary/aromatic N) is 1. The molecular formula is C17H17N3O5. The SMILES string of the molecule is COc1cc([N+](=O)[O-])ccc1NC(=O)C(=O)NCCc1ccccc1. The Kier molecular flexibility index (Phi) is 6.05. The van der Waals surface area contributed by atoms with Gasteiger partial charge in [0.05, 0.1) is 23.8 Å². The number of carbonyl (C=O) groups excluding carboxylic acids is 2. The van der Waals surface area contributed by atoms with E-state index in [0.29, 0.717) is 13.0 Å². The zero-order valence-electron chi connectivity index (χ0n) is 13.5. The molecule has 2 N–H and O–H groups in total. The maximum Gasteiger partial charge on any atom is 0.313 e. The summed E-state index contributed by atoms with van der Waals surface area (Å²) in [6.07, 6.45) is 0.598. The quantitative estimate of drug-likeness (QED) is 0.473. The van der Waals surface area contributed by atoms with E-state index < -0.39 is 16.7 Å². The zero-order chi connectivity index (χ0) is 18.2. The number of anilines is 1. The van der Waals surface area contributed by atoms with Gasteiger partial charge in [-0.05, 0) is 18.1 Å². The van der Waals surface area contributed by atoms with E-state index in [9.17, 15) is 19.7 Å². The monoisotopic (exact) mass is 343 g/mol. The molecule has 0 radical (unpaired) electrons. The van der Waals surface area contributed by atoms with Crippen molar-refractivity contribution < 1.29 is 19.2 Å². The van der Waals surface area contributed by atoms with Gasteiger partial charge in [-0.25, -0.2) is 0 Å². The molecule has 0 fully saturated rings. The van der Waals surface area contributed by atoms with Crippen molar-refractivity contribution in [3.8, 4) is 5.75 Å². The van der Waals surface area contributed by atoms with Crippen molar-refractivity contribution in [2.75, 3.05) is 19.0 Å². The van der Waals surface area contributed by atoms with E-state index in [4.69, 9.17) is 4.74 Å². The summed E-state index contributed by atoms with van der Waals surface area (Å²) < 4.78 is 5.00. The molecule has 2 aromatic carbocycles. The van der Waals surface area contributed by atoms with Crippen molar-refractivity contribution in [1.82, 2.24) is 5.32 Å². The summed E-state index contributed by atoms with van der Waals surface area (Å²) in [7, 11) is 1.31. The maximum absolute atomic E-state index is 11.9. The number of hydrogen-bond acceptors (Lipinski definition) is 5. The lowest BCUT2D eigenvalue weighted by atomic mass is 10.1. The number of benzene rings is 2. The fourth-order valence-electron chi connectivity index (χ4n) is 2.12. The number of ether oxygens (including phenoxy) is 1. The lowest BCUT2D eigenvalue weighted by molar-refractivity contribution is -0.384. The molecule has 0 spiro atoms. The molecule has 2 aromatic rings. The van der Waals surface area contributed by atoms with Crippen LogP contribution in [0.2, 0.25) is 0 Å². The van der Waals surface area contributed by atoms with Crippen molar-refractivity contribution in [2.24, 2.45) is 0 Å². The van der Waals surface area contributed by atoms with Crippen molar-refractivity contribution in [3.63, 3.8) is 0 Å². The van der Waals surface area contributed by atoms with Gasteiger partial charge < -0.3 is 15.4 Å². The number of nitro groups is 1. The number of rotatable bonds is 6. The predicted octanol–water partition coefficient (Wildman–Crippen LogP) is 1.90. The molecule has 25 heavy (non-hydrogen) atoms. The number of nitrogens with one attached hydrogen (secondary N) is 2. The summed E-state index contributed by atoms with van der Waals surface area (Å²) in [5.41, 5.74) is 1.04. The molecule has 0 bridgehead atoms. The number of non-ortho nitro benzene ring substituents is 1. The van der Waals surface area contributed by atoms with Gasteiger partial charge in [-0.1, -0.05) is 30.3 Å². The first-order valence-electron chi connectivity index (χ1n) is 7.47. The van der Waals surface area contributed by atoms with Gasteiger partial charge in [0.2, 0.25) is 0 Å². The first-order chi connectivity index (χ1) is 12.0. The third-order valence-corrected chi connectivity index (χ3v) is 3.39. The normalized spacial score (nSPS) is 9.96. The Morgan fingerprint density at radius 2 is 1.84 bits per heavy atom. The van der Waals surface area contributed by atoms with Crippen LogP contribution >= 0.6 is 0 Å². The standard InChI is InChI=1S/C17H17N3O5/c1-25-15-11-13(20(23)24)7-8-14(15)19-17(22)16(21)18-10-9-12-5-3-2-4-6-12/h2-8,11H,9-10H2,1H3,(H,18,21)(H,19,22). The van der Waals surface area contributed by atoms with Crippen LogP contribution in [-0.4, -0.2) is 30.4 Å². The number of amides is 2. The summed E-state index contributed by atoms with van der Waals surface area (Å²) in [5, 5.41) is 15.6. The Balaban J connectivity index is 1.92. The van der Waals surface area contributed by atoms with Gasteiger partial charge in [-0.2, -0.15) is 0 Å². The fourth-order valence-corrected chi connectivity index (χ4v) is 2.12. The van der Waals surface area contributed by atoms with Crippen LogP contribution in [0.4, 0.5) is 11.4 Å². The third kappa shape index (κ3) is 5.03. The summed E-state index contributed by atoms with van der Waals surface area (Å²) >= 11 is 0. The van der Waals surface area contributed by atoms with Crippen LogP contribution in [0.1, 0.15) is 5.56 Å². The minimum Gasteiger partial charge on any atom is -0.494 e. The molecule has 0 heterocycles. The lowest BCUT2D eigenvalue weighted by Gasteiger charge is -2.10. The number of hydrogen-bond donors (Lipinski definition) is 2. The maximum atomic E-state index is 11.9. The van der Waals surface area contributed by atoms with E-state index >= 15 is 0 Å². The van der Waals surface area contributed by atoms with Gasteiger partial charge in [0, 0.05) is 12.6 Å². The van der Waals surface area contributed by atoms with Crippen LogP contribution < -0.4 is 15.4 Å². The Morgan fingerprint density at radius 3 is 2.48 bits per heavy atom. The number of carbonyl (C=O) groups is 2. The average Bonchev–Trinajstić information content (AvgIpc) is 2.62. The molecule has 8 nitrogen and oxygen atoms in total. The van der Waals surface area contributed by atoms with Gasteiger partial charge in [-0.15, -0.1) is 0 Å². The van der Waals surface area contributed by atoms with Crippen LogP contribution in [0.5, 0.6) is 5.75 Å². The molecule has 0 aliphatic carbocycles. The van der Waals surface area contributed by atoms with Crippen LogP contribution in [0.25, 0.3) is 0 Å². The highest BCUT2D eigenvalue weighted by molar-refractivity contribution is 6.39. The van der Waals surface area contributed by atoms with E-state index in [0.717, 1.165) is 5.56 Å². The van der Waals surface area contributed by atoms with Crippen molar-refractivity contribution in [1.29, 1.82) is 0 Å². The van der Waals surface area contributed by atoms with E-state index in [1.165, 1.54) is 25.3 Å². The Bertz CT molecular complexity index is 777. The fraction of sp³-hybridized carbons (Fsp3) is 0.176. The largest absolute Gasteiger partial charge is 0.494 e. The van der Waals surface area contributed by atoms with Crippen molar-refractivity contribution >= 4 is 23.2 Å². The topological polar surface area (TPSA) is 111 Å². The summed E-state index contributed by atoms with van der Waals surface area (Å²) in [4.78, 5) is 33.9. The van der Waals surface area contributed by atoms with Gasteiger partial charge in [0.1, 0.15) is 5.75 Å². The van der Waals surface area contributed by atoms with Gasteiger partial charge in [-0.3, -0.25) is 19.7 Å². The summed E-state index contributed by atoms with van der Waals surface area (Å²) in [5.74, 6) is -1.57. The van der Waals surface area contributed by atoms with E-state index in [1.807, 2.05) is 30.3 Å². The second-order valence-electron chi connectivity index (χ2n) is 5.09. The summed E-state index contributed by atoms with van der Waals surface area (Å²) in [6.45, 7) is 0.313. The van der Waals surface area contributed by atoms with Crippen LogP contribution in [0.15, 0.2) is 48.5 Å². The minimum absolute atomic E-state index is 0.0969. The van der Waals surface area contributed by atoms with Crippen LogP contribution in [-0.2, 0) is 16.0 Å². The molecule has 2 rings (SSSR count). The molecule has 8 heteroatoms.